The zero-order chi connectivity index (χ0) is 92.5. The number of aromatic hydroxyl groups is 1. The predicted molar refractivity (Wildman–Crippen MR) is 465 cm³/mol. The number of aliphatic carboxylic acids is 2. The maximum absolute atomic E-state index is 15.6. The van der Waals surface area contributed by atoms with Gasteiger partial charge in [0, 0.05) is 95.6 Å². The number of amides is 13. The second-order valence-electron chi connectivity index (χ2n) is 33.3. The fraction of sp³-hybridized carbons (Fsp3) is 0.473. The van der Waals surface area contributed by atoms with Crippen molar-refractivity contribution in [2.24, 2.45) is 11.8 Å². The highest BCUT2D eigenvalue weighted by Crippen LogP contribution is 2.28. The lowest BCUT2D eigenvalue weighted by Gasteiger charge is -2.38. The Hall–Kier alpha value is -12.6. The first-order valence-electron chi connectivity index (χ1n) is 42.7. The van der Waals surface area contributed by atoms with Crippen LogP contribution in [-0.2, 0) is 109 Å². The number of hydrogen-bond donors (Lipinski definition) is 12. The summed E-state index contributed by atoms with van der Waals surface area (Å²) in [4.78, 5) is 244. The van der Waals surface area contributed by atoms with Gasteiger partial charge in [-0.05, 0) is 127 Å². The molecule has 36 heteroatoms. The number of likely N-dealkylation sites (N-methyl/N-ethyl adjacent to an activating group) is 3. The largest absolute Gasteiger partial charge is 0.508 e. The van der Waals surface area contributed by atoms with Gasteiger partial charge in [0.1, 0.15) is 96.2 Å². The molecule has 3 aliphatic rings. The number of carboxylic acid groups (broad SMARTS) is 2. The topological polar surface area (TPSA) is 462 Å². The van der Waals surface area contributed by atoms with Crippen molar-refractivity contribution in [2.45, 2.75) is 216 Å². The Balaban J connectivity index is 1.10. The van der Waals surface area contributed by atoms with E-state index in [9.17, 15) is 57.7 Å². The number of fused-ring (bicyclic) bond motifs is 3. The number of nitrogens with zero attached hydrogens (tertiary/aromatic N) is 5. The van der Waals surface area contributed by atoms with Crippen molar-refractivity contribution < 1.29 is 101 Å². The number of rotatable bonds is 22. The Morgan fingerprint density at radius 2 is 0.984 bits per heavy atom. The number of carbonyl (C=O) groups is 16. The molecule has 4 heterocycles. The van der Waals surface area contributed by atoms with Crippen LogP contribution in [-0.4, -0.2) is 264 Å². The number of nitrogens with one attached hydrogen (secondary N) is 9. The molecule has 9 rings (SSSR count). The molecule has 13 atom stereocenters. The summed E-state index contributed by atoms with van der Waals surface area (Å²) in [6, 6.07) is 11.3. The number of carbonyl (C=O) groups excluding carboxylic acids is 14. The van der Waals surface area contributed by atoms with Crippen molar-refractivity contribution >= 4 is 118 Å². The van der Waals surface area contributed by atoms with Gasteiger partial charge in [0.15, 0.2) is 0 Å². The van der Waals surface area contributed by atoms with E-state index in [1.807, 2.05) is 6.92 Å². The number of carboxylic acids is 2. The molecule has 127 heavy (non-hydrogen) atoms. The molecule has 0 aliphatic carbocycles. The predicted octanol–water partition coefficient (Wildman–Crippen LogP) is 4.18. The zero-order valence-electron chi connectivity index (χ0n) is 72.4. The number of phenolic OH excluding ortho intramolecular Hbond substituents is 1. The number of H-pyrrole nitrogens is 1. The number of aromatic amines is 1. The monoisotopic (exact) mass is 1780 g/mol. The summed E-state index contributed by atoms with van der Waals surface area (Å²) < 4.78 is 29.1. The fourth-order valence-electron chi connectivity index (χ4n) is 16.0. The fourth-order valence-corrected chi connectivity index (χ4v) is 16.8. The van der Waals surface area contributed by atoms with Gasteiger partial charge in [0.2, 0.25) is 76.8 Å². The Morgan fingerprint density at radius 3 is 1.57 bits per heavy atom. The van der Waals surface area contributed by atoms with Gasteiger partial charge >= 0.3 is 11.9 Å². The van der Waals surface area contributed by atoms with Crippen LogP contribution in [0.5, 0.6) is 5.75 Å². The minimum absolute atomic E-state index is 0.00996. The lowest BCUT2D eigenvalue weighted by atomic mass is 9.98. The maximum Gasteiger partial charge on any atom is 0.305 e. The first kappa shape index (κ1) is 98.2. The standard InChI is InChI=1S/C91H114F2N14O19S/c1-9-10-22-73-90(125)107-40-17-24-72(107)85(120)101-69(47-78(113)114)83(118)102-79(53(4)5)91(126)104(7)74(44-57-27-33-60(93)34-28-57)86(121)97-65(37-38-77(111)112)88(123)106-39-16-23-71(106)84(119)100-68(46-58-48-94-64-21-15-14-20-63(58)64)82(117)99-67(42-56-29-35-62(109)36-30-56)81(116)98-66(41-52(2)3)80(115)95-61(49-108)50-127-51-76(110)96-70(43-55-25-31-59(92)32-26-55)87(122)105(8)75(89(124)103(73)6)45-54-18-12-11-13-19-54/h11-15,18-21,25-36,48-49,52-53,61,65-75,79,94,109H,9-10,16-17,22-24,37-47,50-51H2,1-8H3,(H,95,115)(H,96,110)(H,97,121)(H,98,116)(H,99,117)(H,100,119)(H,101,120)(H,102,118)(H,111,112)(H,113,114)/t61-,65+,66+,67+,68+,69+,70+,71-,72-,73+,74+,75+,79+/m1/s1. The van der Waals surface area contributed by atoms with Gasteiger partial charge in [-0.3, -0.25) is 71.9 Å². The quantitative estimate of drug-likeness (QED) is 0.0424. The van der Waals surface area contributed by atoms with Gasteiger partial charge in [0.05, 0.1) is 18.2 Å². The highest BCUT2D eigenvalue weighted by atomic mass is 32.2. The van der Waals surface area contributed by atoms with E-state index in [-0.39, 0.29) is 100 Å². The second kappa shape index (κ2) is 46.5. The van der Waals surface area contributed by atoms with Crippen LogP contribution in [0.25, 0.3) is 10.9 Å². The normalized spacial score (nSPS) is 24.2. The van der Waals surface area contributed by atoms with Crippen LogP contribution < -0.4 is 42.5 Å². The minimum atomic E-state index is -1.95. The lowest BCUT2D eigenvalue weighted by molar-refractivity contribution is -0.152. The van der Waals surface area contributed by atoms with Crippen LogP contribution >= 0.6 is 11.8 Å². The summed E-state index contributed by atoms with van der Waals surface area (Å²) in [5.74, 6) is -18.1. The van der Waals surface area contributed by atoms with Crippen molar-refractivity contribution in [2.75, 3.05) is 45.7 Å². The van der Waals surface area contributed by atoms with E-state index in [1.165, 1.54) is 93.3 Å². The van der Waals surface area contributed by atoms with Crippen LogP contribution in [0.15, 0.2) is 134 Å². The number of halogens is 2. The van der Waals surface area contributed by atoms with Gasteiger partial charge < -0.3 is 92.1 Å². The Bertz CT molecular complexity index is 4910. The Kier molecular flexibility index (Phi) is 36.0. The van der Waals surface area contributed by atoms with E-state index in [1.54, 1.807) is 74.6 Å². The smallest absolute Gasteiger partial charge is 0.305 e. The molecule has 0 unspecified atom stereocenters. The number of hydrogen-bond acceptors (Lipinski definition) is 18. The van der Waals surface area contributed by atoms with Gasteiger partial charge in [-0.15, -0.1) is 11.8 Å². The number of aldehydes is 1. The molecule has 13 amide bonds. The third kappa shape index (κ3) is 27.4. The first-order chi connectivity index (χ1) is 60.5. The van der Waals surface area contributed by atoms with Crippen LogP contribution in [0, 0.1) is 23.5 Å². The van der Waals surface area contributed by atoms with Crippen molar-refractivity contribution in [1.82, 2.24) is 72.0 Å². The summed E-state index contributed by atoms with van der Waals surface area (Å²) in [5, 5.41) is 52.9. The summed E-state index contributed by atoms with van der Waals surface area (Å²) in [5.41, 5.74) is 2.76. The van der Waals surface area contributed by atoms with E-state index in [4.69, 9.17) is 0 Å². The van der Waals surface area contributed by atoms with Gasteiger partial charge in [-0.1, -0.05) is 132 Å². The third-order valence-corrected chi connectivity index (χ3v) is 24.1. The molecule has 12 N–H and O–H groups in total. The van der Waals surface area contributed by atoms with Crippen LogP contribution in [0.1, 0.15) is 133 Å². The minimum Gasteiger partial charge on any atom is -0.508 e. The number of thioether (sulfide) groups is 1. The molecule has 6 aromatic rings. The van der Waals surface area contributed by atoms with Crippen LogP contribution in [0.3, 0.4) is 0 Å². The summed E-state index contributed by atoms with van der Waals surface area (Å²) >= 11 is 0.882. The zero-order valence-corrected chi connectivity index (χ0v) is 73.2. The number of phenols is 1. The molecule has 5 aromatic carbocycles. The molecule has 0 spiro atoms. The second-order valence-corrected chi connectivity index (χ2v) is 34.3. The molecular weight excluding hydrogens is 1660 g/mol. The molecule has 0 saturated carbocycles. The van der Waals surface area contributed by atoms with Crippen molar-refractivity contribution in [3.05, 3.63) is 173 Å². The van der Waals surface area contributed by atoms with Gasteiger partial charge in [-0.25, -0.2) is 8.78 Å². The first-order valence-corrected chi connectivity index (χ1v) is 43.8. The lowest BCUT2D eigenvalue weighted by Crippen LogP contribution is -2.62. The highest BCUT2D eigenvalue weighted by molar-refractivity contribution is 8.00. The van der Waals surface area contributed by atoms with Crippen molar-refractivity contribution in [1.29, 1.82) is 0 Å². The van der Waals surface area contributed by atoms with Gasteiger partial charge in [-0.2, -0.15) is 0 Å². The number of aromatic nitrogens is 1. The van der Waals surface area contributed by atoms with Crippen LogP contribution in [0.2, 0.25) is 0 Å². The summed E-state index contributed by atoms with van der Waals surface area (Å²) in [6.45, 7) is 8.20. The highest BCUT2D eigenvalue weighted by Gasteiger charge is 2.46. The summed E-state index contributed by atoms with van der Waals surface area (Å²) in [7, 11) is 3.90. The third-order valence-electron chi connectivity index (χ3n) is 23.0. The summed E-state index contributed by atoms with van der Waals surface area (Å²) in [6.07, 6.45) is -0.545. The van der Waals surface area contributed by atoms with E-state index < -0.39 is 216 Å². The number of unbranched alkanes of at least 4 members (excludes halogenated alkanes) is 1. The molecule has 0 bridgehead atoms. The van der Waals surface area contributed by atoms with Gasteiger partial charge in [0.25, 0.3) is 0 Å². The molecule has 1 aromatic heterocycles. The number of benzene rings is 5. The van der Waals surface area contributed by atoms with E-state index in [0.29, 0.717) is 52.3 Å². The molecule has 3 fully saturated rings. The SMILES string of the molecule is CCCC[C@H]1C(=O)N2CCC[C@@H]2C(=O)N[C@@H](CC(=O)O)C(=O)N[C@@H](C(C)C)C(=O)N(C)[C@@H](Cc2ccc(F)cc2)C(=O)N[C@@H](CCC(=O)O)C(=O)N2CCC[C@@H]2C(=O)N[C@@H](Cc2c[nH]c3ccccc23)C(=O)N[C@@H](Cc2ccc(O)cc2)C(=O)N[C@@H](CC(C)C)C(=O)N[C@H](C=O)CSCC(=O)N[C@@H](Cc2ccc(F)cc2)C(=O)N(C)[C@@H](Cc2ccccc2)C(=O)N1C. The maximum atomic E-state index is 15.6. The molecule has 0 radical (unpaired) electrons. The van der Waals surface area contributed by atoms with E-state index >= 15 is 43.2 Å². The average Bonchev–Trinajstić information content (AvgIpc) is 1.79. The molecule has 682 valence electrons. The molecule has 3 saturated heterocycles. The van der Waals surface area contributed by atoms with Crippen molar-refractivity contribution in [3.8, 4) is 5.75 Å². The number of para-hydroxylation sites is 1. The molecular formula is C91H114F2N14O19S. The molecule has 3 aliphatic heterocycles. The Morgan fingerprint density at radius 1 is 0.488 bits per heavy atom. The molecule has 33 nitrogen and oxygen atoms in total. The van der Waals surface area contributed by atoms with E-state index in [0.717, 1.165) is 50.7 Å². The average molecular weight is 1780 g/mol. The van der Waals surface area contributed by atoms with Crippen LogP contribution in [0.4, 0.5) is 8.78 Å². The van der Waals surface area contributed by atoms with E-state index in [2.05, 4.69) is 47.5 Å². The van der Waals surface area contributed by atoms with Crippen molar-refractivity contribution in [3.63, 3.8) is 0 Å². The Labute approximate surface area is 739 Å².